The molecule has 1 aromatic heterocycles. The number of nitrogens with two attached hydrogens (primary N) is 1. The molecule has 1 atom stereocenters. The van der Waals surface area contributed by atoms with E-state index < -0.39 is 0 Å². The number of hydrogen-bond donors (Lipinski definition) is 1. The molecule has 0 spiro atoms. The van der Waals surface area contributed by atoms with Crippen molar-refractivity contribution in [3.8, 4) is 16.9 Å². The second-order valence-corrected chi connectivity index (χ2v) is 9.24. The van der Waals surface area contributed by atoms with Gasteiger partial charge in [-0.1, -0.05) is 36.4 Å². The predicted molar refractivity (Wildman–Crippen MR) is 137 cm³/mol. The van der Waals surface area contributed by atoms with Gasteiger partial charge in [0.1, 0.15) is 24.3 Å². The molecule has 0 amide bonds. The molecule has 35 heavy (non-hydrogen) atoms. The fourth-order valence-corrected chi connectivity index (χ4v) is 4.90. The Morgan fingerprint density at radius 1 is 1.06 bits per heavy atom. The Morgan fingerprint density at radius 2 is 1.86 bits per heavy atom. The third-order valence-electron chi connectivity index (χ3n) is 5.66. The molecule has 0 aliphatic rings. The number of carbonyl (C=O) groups is 1. The van der Waals surface area contributed by atoms with Crippen molar-refractivity contribution in [3.05, 3.63) is 88.6 Å². The Hall–Kier alpha value is -3.26. The average molecular weight is 494 g/mol. The second-order valence-electron chi connectivity index (χ2n) is 8.29. The van der Waals surface area contributed by atoms with E-state index in [1.807, 2.05) is 47.8 Å². The Labute approximate surface area is 208 Å². The van der Waals surface area contributed by atoms with Crippen molar-refractivity contribution in [2.75, 3.05) is 13.7 Å². The van der Waals surface area contributed by atoms with Crippen molar-refractivity contribution in [2.24, 2.45) is 5.73 Å². The van der Waals surface area contributed by atoms with Crippen molar-refractivity contribution in [1.82, 2.24) is 0 Å². The number of ether oxygens (including phenoxy) is 3. The molecule has 0 bridgehead atoms. The van der Waals surface area contributed by atoms with Crippen molar-refractivity contribution in [2.45, 2.75) is 32.6 Å². The number of para-hydroxylation sites is 1. The first-order chi connectivity index (χ1) is 17.0. The number of thiophene rings is 1. The van der Waals surface area contributed by atoms with Gasteiger partial charge in [-0.25, -0.2) is 4.39 Å². The highest BCUT2D eigenvalue weighted by atomic mass is 32.1. The molecule has 182 valence electrons. The molecule has 0 saturated heterocycles. The van der Waals surface area contributed by atoms with Gasteiger partial charge in [0.25, 0.3) is 0 Å². The molecular formula is C28H28FNO4S. The summed E-state index contributed by atoms with van der Waals surface area (Å²) in [5, 5.41) is 2.98. The average Bonchev–Trinajstić information content (AvgIpc) is 3.32. The van der Waals surface area contributed by atoms with Gasteiger partial charge in [0.2, 0.25) is 0 Å². The van der Waals surface area contributed by atoms with Gasteiger partial charge in [0.15, 0.2) is 0 Å². The number of methoxy groups -OCH3 is 1. The van der Waals surface area contributed by atoms with Gasteiger partial charge < -0.3 is 19.9 Å². The lowest BCUT2D eigenvalue weighted by molar-refractivity contribution is -0.149. The van der Waals surface area contributed by atoms with Crippen LogP contribution in [0.1, 0.15) is 23.6 Å². The molecule has 1 unspecified atom stereocenters. The van der Waals surface area contributed by atoms with E-state index in [2.05, 4.69) is 6.07 Å². The summed E-state index contributed by atoms with van der Waals surface area (Å²) in [7, 11) is 1.57. The third-order valence-corrected chi connectivity index (χ3v) is 6.52. The molecule has 7 heteroatoms. The van der Waals surface area contributed by atoms with Crippen LogP contribution in [0.5, 0.6) is 5.75 Å². The molecular weight excluding hydrogens is 465 g/mol. The quantitative estimate of drug-likeness (QED) is 0.280. The fourth-order valence-electron chi connectivity index (χ4n) is 4.02. The second kappa shape index (κ2) is 11.4. The molecule has 2 N–H and O–H groups in total. The van der Waals surface area contributed by atoms with E-state index in [1.54, 1.807) is 37.5 Å². The number of esters is 1. The third kappa shape index (κ3) is 5.88. The van der Waals surface area contributed by atoms with Gasteiger partial charge in [-0.05, 0) is 47.7 Å². The van der Waals surface area contributed by atoms with Crippen LogP contribution in [0.3, 0.4) is 0 Å². The lowest BCUT2D eigenvalue weighted by Crippen LogP contribution is -2.21. The van der Waals surface area contributed by atoms with Crippen LogP contribution in [0.4, 0.5) is 4.39 Å². The maximum absolute atomic E-state index is 15.1. The van der Waals surface area contributed by atoms with E-state index >= 15 is 4.39 Å². The molecule has 1 heterocycles. The standard InChI is InChI=1S/C28H28FNO4S/c1-18(16-32-2)34-27(31)14-20-6-3-4-9-25(20)33-17-19-12-24(22-10-11-35-26(22)13-19)23-8-5-7-21(15-30)28(23)29/h3-13,18H,14-17,30H2,1-2H3. The Balaban J connectivity index is 1.57. The summed E-state index contributed by atoms with van der Waals surface area (Å²) in [6.45, 7) is 2.53. The van der Waals surface area contributed by atoms with Crippen LogP contribution >= 0.6 is 11.3 Å². The maximum atomic E-state index is 15.1. The highest BCUT2D eigenvalue weighted by molar-refractivity contribution is 7.17. The molecule has 5 nitrogen and oxygen atoms in total. The number of fused-ring (bicyclic) bond motifs is 1. The van der Waals surface area contributed by atoms with E-state index in [1.165, 1.54) is 0 Å². The Bertz CT molecular complexity index is 1320. The van der Waals surface area contributed by atoms with Gasteiger partial charge in [0, 0.05) is 40.4 Å². The van der Waals surface area contributed by atoms with E-state index in [-0.39, 0.29) is 37.5 Å². The predicted octanol–water partition coefficient (Wildman–Crippen LogP) is 5.87. The zero-order valence-electron chi connectivity index (χ0n) is 19.8. The SMILES string of the molecule is COCC(C)OC(=O)Cc1ccccc1OCc1cc(-c2cccc(CN)c2F)c2ccsc2c1. The fraction of sp³-hybridized carbons (Fsp3) is 0.250. The monoisotopic (exact) mass is 493 g/mol. The minimum Gasteiger partial charge on any atom is -0.489 e. The molecule has 4 rings (SSSR count). The van der Waals surface area contributed by atoms with E-state index in [9.17, 15) is 4.79 Å². The van der Waals surface area contributed by atoms with Crippen molar-refractivity contribution in [3.63, 3.8) is 0 Å². The first kappa shape index (κ1) is 24.9. The number of benzene rings is 3. The van der Waals surface area contributed by atoms with E-state index in [0.717, 1.165) is 26.8 Å². The summed E-state index contributed by atoms with van der Waals surface area (Å²) in [4.78, 5) is 12.4. The van der Waals surface area contributed by atoms with Crippen LogP contribution in [0, 0.1) is 5.82 Å². The first-order valence-corrected chi connectivity index (χ1v) is 12.2. The highest BCUT2D eigenvalue weighted by Crippen LogP contribution is 2.36. The van der Waals surface area contributed by atoms with Crippen molar-refractivity contribution in [1.29, 1.82) is 0 Å². The summed E-state index contributed by atoms with van der Waals surface area (Å²) in [6.07, 6.45) is -0.231. The van der Waals surface area contributed by atoms with Crippen LogP contribution < -0.4 is 10.5 Å². The molecule has 0 radical (unpaired) electrons. The van der Waals surface area contributed by atoms with Gasteiger partial charge >= 0.3 is 5.97 Å². The first-order valence-electron chi connectivity index (χ1n) is 11.4. The molecule has 0 aliphatic heterocycles. The van der Waals surface area contributed by atoms with Crippen molar-refractivity contribution < 1.29 is 23.4 Å². The number of carbonyl (C=O) groups excluding carboxylic acids is 1. The zero-order chi connectivity index (χ0) is 24.8. The zero-order valence-corrected chi connectivity index (χ0v) is 20.6. The summed E-state index contributed by atoms with van der Waals surface area (Å²) >= 11 is 1.59. The van der Waals surface area contributed by atoms with Crippen LogP contribution in [-0.4, -0.2) is 25.8 Å². The van der Waals surface area contributed by atoms with E-state index in [0.29, 0.717) is 23.5 Å². The minimum atomic E-state index is -0.344. The lowest BCUT2D eigenvalue weighted by atomic mass is 9.97. The van der Waals surface area contributed by atoms with Gasteiger partial charge in [-0.2, -0.15) is 0 Å². The molecule has 3 aromatic carbocycles. The number of halogens is 1. The Kier molecular flexibility index (Phi) is 8.13. The summed E-state index contributed by atoms with van der Waals surface area (Å²) in [5.41, 5.74) is 9.17. The van der Waals surface area contributed by atoms with Crippen molar-refractivity contribution >= 4 is 27.4 Å². The van der Waals surface area contributed by atoms with Gasteiger partial charge in [-0.3, -0.25) is 4.79 Å². The molecule has 0 saturated carbocycles. The van der Waals surface area contributed by atoms with Crippen LogP contribution in [-0.2, 0) is 33.8 Å². The van der Waals surface area contributed by atoms with Gasteiger partial charge in [0.05, 0.1) is 13.0 Å². The minimum absolute atomic E-state index is 0.0938. The Morgan fingerprint density at radius 3 is 2.66 bits per heavy atom. The summed E-state index contributed by atoms with van der Waals surface area (Å²) in [6, 6.07) is 18.7. The van der Waals surface area contributed by atoms with Crippen LogP contribution in [0.2, 0.25) is 0 Å². The van der Waals surface area contributed by atoms with Crippen LogP contribution in [0.25, 0.3) is 21.2 Å². The summed E-state index contributed by atoms with van der Waals surface area (Å²) < 4.78 is 32.7. The maximum Gasteiger partial charge on any atom is 0.310 e. The molecule has 0 fully saturated rings. The lowest BCUT2D eigenvalue weighted by Gasteiger charge is -2.15. The topological polar surface area (TPSA) is 70.8 Å². The number of rotatable bonds is 10. The van der Waals surface area contributed by atoms with Crippen LogP contribution in [0.15, 0.2) is 66.0 Å². The largest absolute Gasteiger partial charge is 0.489 e. The number of hydrogen-bond acceptors (Lipinski definition) is 6. The van der Waals surface area contributed by atoms with E-state index in [4.69, 9.17) is 19.9 Å². The highest BCUT2D eigenvalue weighted by Gasteiger charge is 2.16. The summed E-state index contributed by atoms with van der Waals surface area (Å²) in [5.74, 6) is -0.0386. The smallest absolute Gasteiger partial charge is 0.310 e. The molecule has 4 aromatic rings. The normalized spacial score (nSPS) is 12.0. The molecule has 0 aliphatic carbocycles. The van der Waals surface area contributed by atoms with Gasteiger partial charge in [-0.15, -0.1) is 11.3 Å².